The third-order valence-corrected chi connectivity index (χ3v) is 3.99. The van der Waals surface area contributed by atoms with Crippen LogP contribution in [0, 0.1) is 0 Å². The highest BCUT2D eigenvalue weighted by Gasteiger charge is 2.66. The van der Waals surface area contributed by atoms with Gasteiger partial charge in [-0.15, -0.1) is 0 Å². The summed E-state index contributed by atoms with van der Waals surface area (Å²) >= 11 is 0. The topological polar surface area (TPSA) is 47.9 Å². The molecule has 0 spiro atoms. The zero-order valence-electron chi connectivity index (χ0n) is 11.2. The lowest BCUT2D eigenvalue weighted by molar-refractivity contribution is -0.391. The zero-order chi connectivity index (χ0) is 16.0. The van der Waals surface area contributed by atoms with Gasteiger partial charge in [-0.05, 0) is 30.5 Å². The molecule has 118 valence electrons. The fourth-order valence-electron chi connectivity index (χ4n) is 2.87. The number of ether oxygens (including phenoxy) is 2. The van der Waals surface area contributed by atoms with Crippen molar-refractivity contribution in [1.29, 1.82) is 0 Å². The first kappa shape index (κ1) is 14.8. The Hall–Kier alpha value is -2.08. The molecule has 1 fully saturated rings. The number of hydrogen-bond acceptors (Lipinski definition) is 4. The summed E-state index contributed by atoms with van der Waals surface area (Å²) in [5, 5.41) is 0. The van der Waals surface area contributed by atoms with Crippen molar-refractivity contribution < 1.29 is 31.8 Å². The Balaban J connectivity index is 2.04. The second kappa shape index (κ2) is 4.71. The molecule has 0 saturated heterocycles. The minimum Gasteiger partial charge on any atom is -0.421 e. The molecule has 8 heteroatoms. The van der Waals surface area contributed by atoms with Gasteiger partial charge in [0.15, 0.2) is 11.5 Å². The molecule has 0 radical (unpaired) electrons. The molecule has 3 rings (SSSR count). The molecule has 1 aliphatic carbocycles. The molecule has 0 atom stereocenters. The summed E-state index contributed by atoms with van der Waals surface area (Å²) in [6.45, 7) is 0. The number of nitrogens with zero attached hydrogens (tertiary/aromatic N) is 1. The quantitative estimate of drug-likeness (QED) is 0.474. The second-order valence-corrected chi connectivity index (χ2v) is 5.34. The fourth-order valence-corrected chi connectivity index (χ4v) is 2.87. The average molecular weight is 317 g/mol. The van der Waals surface area contributed by atoms with E-state index in [9.17, 15) is 22.4 Å². The molecule has 1 aliphatic heterocycles. The van der Waals surface area contributed by atoms with Crippen molar-refractivity contribution in [2.24, 2.45) is 4.99 Å². The molecule has 0 amide bonds. The average Bonchev–Trinajstić information content (AvgIpc) is 2.89. The van der Waals surface area contributed by atoms with Gasteiger partial charge in [-0.2, -0.15) is 22.6 Å². The number of rotatable bonds is 2. The van der Waals surface area contributed by atoms with E-state index in [4.69, 9.17) is 0 Å². The SMILES string of the molecule is O=C=NC1(c2ccc3c(c2)OC(F)(F)C(F)(F)O3)CCCC1. The van der Waals surface area contributed by atoms with Gasteiger partial charge >= 0.3 is 12.2 Å². The van der Waals surface area contributed by atoms with Crippen LogP contribution < -0.4 is 9.47 Å². The number of hydrogen-bond donors (Lipinski definition) is 0. The Morgan fingerprint density at radius 2 is 1.59 bits per heavy atom. The van der Waals surface area contributed by atoms with Crippen LogP contribution in [0.5, 0.6) is 11.5 Å². The van der Waals surface area contributed by atoms with Crippen molar-refractivity contribution in [3.63, 3.8) is 0 Å². The van der Waals surface area contributed by atoms with E-state index in [-0.39, 0.29) is 0 Å². The number of fused-ring (bicyclic) bond motifs is 1. The van der Waals surface area contributed by atoms with Gasteiger partial charge in [-0.1, -0.05) is 18.9 Å². The maximum Gasteiger partial charge on any atom is 0.507 e. The number of benzene rings is 1. The minimum atomic E-state index is -4.77. The van der Waals surface area contributed by atoms with Gasteiger partial charge in [0.1, 0.15) is 0 Å². The van der Waals surface area contributed by atoms with Crippen LogP contribution in [0.15, 0.2) is 23.2 Å². The van der Waals surface area contributed by atoms with Crippen molar-refractivity contribution >= 4 is 6.08 Å². The van der Waals surface area contributed by atoms with Crippen LogP contribution in [-0.4, -0.2) is 18.3 Å². The normalized spacial score (nSPS) is 23.6. The maximum atomic E-state index is 13.2. The summed E-state index contributed by atoms with van der Waals surface area (Å²) in [5.74, 6) is -0.983. The highest BCUT2D eigenvalue weighted by atomic mass is 19.3. The van der Waals surface area contributed by atoms with Crippen LogP contribution in [0.4, 0.5) is 17.6 Å². The highest BCUT2D eigenvalue weighted by Crippen LogP contribution is 2.50. The highest BCUT2D eigenvalue weighted by molar-refractivity contribution is 5.48. The van der Waals surface area contributed by atoms with Gasteiger partial charge in [0.25, 0.3) is 0 Å². The lowest BCUT2D eigenvalue weighted by Gasteiger charge is -2.33. The van der Waals surface area contributed by atoms with Gasteiger partial charge in [0.05, 0.1) is 5.54 Å². The molecule has 1 aromatic rings. The number of isocyanates is 1. The van der Waals surface area contributed by atoms with Crippen LogP contribution >= 0.6 is 0 Å². The van der Waals surface area contributed by atoms with Crippen molar-refractivity contribution in [3.05, 3.63) is 23.8 Å². The van der Waals surface area contributed by atoms with E-state index >= 15 is 0 Å². The van der Waals surface area contributed by atoms with Crippen LogP contribution in [-0.2, 0) is 10.3 Å². The van der Waals surface area contributed by atoms with Crippen molar-refractivity contribution in [1.82, 2.24) is 0 Å². The molecule has 0 N–H and O–H groups in total. The summed E-state index contributed by atoms with van der Waals surface area (Å²) < 4.78 is 60.8. The Bertz CT molecular complexity index is 649. The Morgan fingerprint density at radius 1 is 1.00 bits per heavy atom. The van der Waals surface area contributed by atoms with Crippen LogP contribution in [0.25, 0.3) is 0 Å². The maximum absolute atomic E-state index is 13.2. The Kier molecular flexibility index (Phi) is 3.18. The minimum absolute atomic E-state index is 0.441. The predicted molar refractivity (Wildman–Crippen MR) is 65.9 cm³/mol. The van der Waals surface area contributed by atoms with Crippen LogP contribution in [0.2, 0.25) is 0 Å². The Labute approximate surface area is 122 Å². The largest absolute Gasteiger partial charge is 0.507 e. The standard InChI is InChI=1S/C14H11F4NO3/c15-13(16)14(17,18)22-11-7-9(3-4-10(11)21-13)12(19-8-20)5-1-2-6-12/h3-4,7H,1-2,5-6H2. The van der Waals surface area contributed by atoms with Crippen LogP contribution in [0.3, 0.4) is 0 Å². The molecule has 1 aromatic carbocycles. The van der Waals surface area contributed by atoms with E-state index < -0.39 is 29.3 Å². The van der Waals surface area contributed by atoms with E-state index in [1.165, 1.54) is 18.2 Å². The number of aliphatic imine (C=N–C) groups is 1. The van der Waals surface area contributed by atoms with E-state index in [1.807, 2.05) is 0 Å². The molecule has 4 nitrogen and oxygen atoms in total. The fraction of sp³-hybridized carbons (Fsp3) is 0.500. The zero-order valence-corrected chi connectivity index (χ0v) is 11.2. The molecule has 1 saturated carbocycles. The summed E-state index contributed by atoms with van der Waals surface area (Å²) in [6.07, 6.45) is -5.29. The van der Waals surface area contributed by atoms with E-state index in [1.54, 1.807) is 0 Å². The van der Waals surface area contributed by atoms with Crippen molar-refractivity contribution in [2.75, 3.05) is 0 Å². The monoisotopic (exact) mass is 317 g/mol. The molecule has 0 bridgehead atoms. The molecule has 1 heterocycles. The number of alkyl halides is 4. The first-order chi connectivity index (χ1) is 10.3. The molecular weight excluding hydrogens is 306 g/mol. The smallest absolute Gasteiger partial charge is 0.421 e. The first-order valence-corrected chi connectivity index (χ1v) is 6.67. The Morgan fingerprint density at radius 3 is 2.18 bits per heavy atom. The molecular formula is C14H11F4NO3. The third kappa shape index (κ3) is 2.14. The van der Waals surface area contributed by atoms with Gasteiger partial charge in [0.2, 0.25) is 6.08 Å². The van der Waals surface area contributed by atoms with E-state index in [0.29, 0.717) is 18.4 Å². The summed E-state index contributed by atoms with van der Waals surface area (Å²) in [7, 11) is 0. The van der Waals surface area contributed by atoms with Gasteiger partial charge in [-0.3, -0.25) is 0 Å². The summed E-state index contributed by atoms with van der Waals surface area (Å²) in [4.78, 5) is 14.5. The van der Waals surface area contributed by atoms with E-state index in [0.717, 1.165) is 18.9 Å². The molecule has 0 unspecified atom stereocenters. The van der Waals surface area contributed by atoms with Crippen LogP contribution in [0.1, 0.15) is 31.2 Å². The lowest BCUT2D eigenvalue weighted by atomic mass is 9.88. The van der Waals surface area contributed by atoms with Gasteiger partial charge in [0, 0.05) is 0 Å². The molecule has 0 aromatic heterocycles. The number of carbonyl (C=O) groups excluding carboxylic acids is 1. The molecule has 2 aliphatic rings. The second-order valence-electron chi connectivity index (χ2n) is 5.34. The van der Waals surface area contributed by atoms with Gasteiger partial charge < -0.3 is 9.47 Å². The van der Waals surface area contributed by atoms with E-state index in [2.05, 4.69) is 14.5 Å². The summed E-state index contributed by atoms with van der Waals surface area (Å²) in [6, 6.07) is 3.72. The predicted octanol–water partition coefficient (Wildman–Crippen LogP) is 3.75. The lowest BCUT2D eigenvalue weighted by Crippen LogP contribution is -2.52. The third-order valence-electron chi connectivity index (χ3n) is 3.99. The van der Waals surface area contributed by atoms with Gasteiger partial charge in [-0.25, -0.2) is 4.79 Å². The summed E-state index contributed by atoms with van der Waals surface area (Å²) in [5.41, 5.74) is -0.424. The first-order valence-electron chi connectivity index (χ1n) is 6.67. The van der Waals surface area contributed by atoms with Crippen molar-refractivity contribution in [2.45, 2.75) is 43.4 Å². The van der Waals surface area contributed by atoms with Crippen molar-refractivity contribution in [3.8, 4) is 11.5 Å². The molecule has 22 heavy (non-hydrogen) atoms. The number of halogens is 4.